The summed E-state index contributed by atoms with van der Waals surface area (Å²) in [7, 11) is 0. The van der Waals surface area contributed by atoms with Crippen molar-refractivity contribution in [3.05, 3.63) is 34.9 Å². The van der Waals surface area contributed by atoms with Gasteiger partial charge in [-0.3, -0.25) is 0 Å². The molecular weight excluding hydrogens is 254 g/mol. The summed E-state index contributed by atoms with van der Waals surface area (Å²) in [6.07, 6.45) is 8.28. The molecule has 1 fully saturated rings. The monoisotopic (exact) mass is 287 g/mol. The molecule has 1 aliphatic rings. The maximum absolute atomic E-state index is 3.79. The number of rotatable bonds is 6. The molecule has 3 unspecified atom stereocenters. The van der Waals surface area contributed by atoms with Crippen molar-refractivity contribution >= 4 is 0 Å². The fourth-order valence-corrected chi connectivity index (χ4v) is 3.99. The van der Waals surface area contributed by atoms with E-state index in [1.165, 1.54) is 49.7 Å². The highest BCUT2D eigenvalue weighted by Gasteiger charge is 2.27. The average molecular weight is 287 g/mol. The topological polar surface area (TPSA) is 12.0 Å². The molecular formula is C20H33N. The van der Waals surface area contributed by atoms with Crippen LogP contribution in [0.5, 0.6) is 0 Å². The van der Waals surface area contributed by atoms with Gasteiger partial charge in [-0.25, -0.2) is 0 Å². The lowest BCUT2D eigenvalue weighted by molar-refractivity contribution is 0.208. The molecule has 1 heteroatoms. The fraction of sp³-hybridized carbons (Fsp3) is 0.700. The normalized spacial score (nSPS) is 24.0. The van der Waals surface area contributed by atoms with Gasteiger partial charge in [-0.1, -0.05) is 56.9 Å². The molecule has 0 amide bonds. The Hall–Kier alpha value is -0.820. The van der Waals surface area contributed by atoms with Crippen molar-refractivity contribution in [2.45, 2.75) is 72.3 Å². The van der Waals surface area contributed by atoms with Crippen molar-refractivity contribution in [2.24, 2.45) is 11.8 Å². The molecule has 1 nitrogen and oxygen atoms in total. The van der Waals surface area contributed by atoms with Gasteiger partial charge in [0.1, 0.15) is 0 Å². The van der Waals surface area contributed by atoms with Crippen LogP contribution < -0.4 is 5.32 Å². The van der Waals surface area contributed by atoms with Gasteiger partial charge in [0.25, 0.3) is 0 Å². The van der Waals surface area contributed by atoms with Gasteiger partial charge in [0.15, 0.2) is 0 Å². The number of hydrogen-bond acceptors (Lipinski definition) is 1. The van der Waals surface area contributed by atoms with Crippen molar-refractivity contribution in [3.8, 4) is 0 Å². The third-order valence-corrected chi connectivity index (χ3v) is 5.38. The molecule has 2 rings (SSSR count). The second-order valence-electron chi connectivity index (χ2n) is 7.00. The van der Waals surface area contributed by atoms with E-state index in [1.54, 1.807) is 5.56 Å². The highest BCUT2D eigenvalue weighted by molar-refractivity contribution is 5.31. The number of benzene rings is 1. The lowest BCUT2D eigenvalue weighted by Gasteiger charge is -2.35. The van der Waals surface area contributed by atoms with Crippen LogP contribution in [0.15, 0.2) is 18.2 Å². The predicted molar refractivity (Wildman–Crippen MR) is 92.8 cm³/mol. The van der Waals surface area contributed by atoms with Gasteiger partial charge in [0.2, 0.25) is 0 Å². The van der Waals surface area contributed by atoms with E-state index >= 15 is 0 Å². The van der Waals surface area contributed by atoms with Gasteiger partial charge >= 0.3 is 0 Å². The minimum absolute atomic E-state index is 0.657. The zero-order valence-corrected chi connectivity index (χ0v) is 14.4. The SMILES string of the molecule is CCNC(Cc1cc(C)ccc1C)C1CCCC(CC)C1. The van der Waals surface area contributed by atoms with E-state index in [-0.39, 0.29) is 0 Å². The van der Waals surface area contributed by atoms with Gasteiger partial charge in [-0.15, -0.1) is 0 Å². The molecule has 1 saturated carbocycles. The average Bonchev–Trinajstić information content (AvgIpc) is 2.50. The summed E-state index contributed by atoms with van der Waals surface area (Å²) in [5, 5.41) is 3.79. The van der Waals surface area contributed by atoms with Gasteiger partial charge in [-0.2, -0.15) is 0 Å². The minimum Gasteiger partial charge on any atom is -0.314 e. The van der Waals surface area contributed by atoms with Crippen LogP contribution in [0.2, 0.25) is 0 Å². The van der Waals surface area contributed by atoms with Crippen LogP contribution in [0.4, 0.5) is 0 Å². The van der Waals surface area contributed by atoms with Crippen LogP contribution in [0, 0.1) is 25.7 Å². The van der Waals surface area contributed by atoms with Crippen LogP contribution >= 0.6 is 0 Å². The highest BCUT2D eigenvalue weighted by Crippen LogP contribution is 2.34. The molecule has 21 heavy (non-hydrogen) atoms. The largest absolute Gasteiger partial charge is 0.314 e. The standard InChI is InChI=1S/C20H33N/c1-5-17-8-7-9-18(13-17)20(21-6-2)14-19-12-15(3)10-11-16(19)4/h10-12,17-18,20-21H,5-9,13-14H2,1-4H3. The van der Waals surface area contributed by atoms with Crippen LogP contribution in [0.3, 0.4) is 0 Å². The number of aryl methyl sites for hydroxylation is 2. The molecule has 0 heterocycles. The Balaban J connectivity index is 2.09. The molecule has 0 aromatic heterocycles. The van der Waals surface area contributed by atoms with Crippen molar-refractivity contribution in [1.82, 2.24) is 5.32 Å². The Labute approximate surface area is 131 Å². The maximum Gasteiger partial charge on any atom is 0.0136 e. The number of likely N-dealkylation sites (N-methyl/N-ethyl adjacent to an activating group) is 1. The lowest BCUT2D eigenvalue weighted by atomic mass is 9.75. The zero-order chi connectivity index (χ0) is 15.2. The first kappa shape index (κ1) is 16.5. The highest BCUT2D eigenvalue weighted by atomic mass is 14.9. The maximum atomic E-state index is 3.79. The molecule has 1 aromatic carbocycles. The Morgan fingerprint density at radius 2 is 2.00 bits per heavy atom. The van der Waals surface area contributed by atoms with E-state index in [1.807, 2.05) is 0 Å². The van der Waals surface area contributed by atoms with Crippen LogP contribution in [0.1, 0.15) is 62.6 Å². The van der Waals surface area contributed by atoms with Crippen LogP contribution in [0.25, 0.3) is 0 Å². The van der Waals surface area contributed by atoms with E-state index in [0.717, 1.165) is 18.4 Å². The molecule has 0 spiro atoms. The van der Waals surface area contributed by atoms with Gasteiger partial charge < -0.3 is 5.32 Å². The Morgan fingerprint density at radius 1 is 1.19 bits per heavy atom. The first-order chi connectivity index (χ1) is 10.1. The zero-order valence-electron chi connectivity index (χ0n) is 14.4. The summed E-state index contributed by atoms with van der Waals surface area (Å²) >= 11 is 0. The predicted octanol–water partition coefficient (Wildman–Crippen LogP) is 5.04. The first-order valence-electron chi connectivity index (χ1n) is 8.93. The second-order valence-corrected chi connectivity index (χ2v) is 7.00. The minimum atomic E-state index is 0.657. The van der Waals surface area contributed by atoms with Crippen molar-refractivity contribution < 1.29 is 0 Å². The summed E-state index contributed by atoms with van der Waals surface area (Å²) < 4.78 is 0. The molecule has 0 radical (unpaired) electrons. The van der Waals surface area contributed by atoms with Crippen molar-refractivity contribution in [1.29, 1.82) is 0 Å². The van der Waals surface area contributed by atoms with Gasteiger partial charge in [0.05, 0.1) is 0 Å². The summed E-state index contributed by atoms with van der Waals surface area (Å²) in [6, 6.07) is 7.56. The fourth-order valence-electron chi connectivity index (χ4n) is 3.99. The second kappa shape index (κ2) is 7.98. The quantitative estimate of drug-likeness (QED) is 0.773. The molecule has 3 atom stereocenters. The molecule has 0 saturated heterocycles. The van der Waals surface area contributed by atoms with Crippen LogP contribution in [-0.2, 0) is 6.42 Å². The number of hydrogen-bond donors (Lipinski definition) is 1. The van der Waals surface area contributed by atoms with Gasteiger partial charge in [0, 0.05) is 6.04 Å². The molecule has 1 aliphatic carbocycles. The Morgan fingerprint density at radius 3 is 2.71 bits per heavy atom. The van der Waals surface area contributed by atoms with E-state index in [9.17, 15) is 0 Å². The van der Waals surface area contributed by atoms with E-state index < -0.39 is 0 Å². The molecule has 1 aromatic rings. The van der Waals surface area contributed by atoms with E-state index in [4.69, 9.17) is 0 Å². The molecule has 0 aliphatic heterocycles. The summed E-state index contributed by atoms with van der Waals surface area (Å²) in [6.45, 7) is 10.2. The third-order valence-electron chi connectivity index (χ3n) is 5.38. The van der Waals surface area contributed by atoms with E-state index in [0.29, 0.717) is 6.04 Å². The smallest absolute Gasteiger partial charge is 0.0136 e. The van der Waals surface area contributed by atoms with Crippen molar-refractivity contribution in [3.63, 3.8) is 0 Å². The molecule has 1 N–H and O–H groups in total. The summed E-state index contributed by atoms with van der Waals surface area (Å²) in [5.74, 6) is 1.83. The summed E-state index contributed by atoms with van der Waals surface area (Å²) in [5.41, 5.74) is 4.38. The number of nitrogens with one attached hydrogen (secondary N) is 1. The summed E-state index contributed by atoms with van der Waals surface area (Å²) in [4.78, 5) is 0. The third kappa shape index (κ3) is 4.57. The molecule has 118 valence electrons. The first-order valence-corrected chi connectivity index (χ1v) is 8.93. The van der Waals surface area contributed by atoms with Crippen LogP contribution in [-0.4, -0.2) is 12.6 Å². The Bertz CT molecular complexity index is 437. The van der Waals surface area contributed by atoms with Gasteiger partial charge in [-0.05, 0) is 62.6 Å². The lowest BCUT2D eigenvalue weighted by Crippen LogP contribution is -2.40. The van der Waals surface area contributed by atoms with E-state index in [2.05, 4.69) is 51.2 Å². The Kier molecular flexibility index (Phi) is 6.29. The molecule has 0 bridgehead atoms. The van der Waals surface area contributed by atoms with Crippen molar-refractivity contribution in [2.75, 3.05) is 6.54 Å².